The summed E-state index contributed by atoms with van der Waals surface area (Å²) in [5.74, 6) is 0.653. The van der Waals surface area contributed by atoms with Gasteiger partial charge in [0.05, 0.1) is 6.10 Å². The van der Waals surface area contributed by atoms with Gasteiger partial charge in [-0.1, -0.05) is 74.5 Å². The summed E-state index contributed by atoms with van der Waals surface area (Å²) in [7, 11) is 0. The van der Waals surface area contributed by atoms with Gasteiger partial charge in [0, 0.05) is 31.5 Å². The molecule has 2 aromatic carbocycles. The third-order valence-corrected chi connectivity index (χ3v) is 5.31. The van der Waals surface area contributed by atoms with Crippen LogP contribution in [-0.4, -0.2) is 33.8 Å². The molecule has 0 fully saturated rings. The van der Waals surface area contributed by atoms with E-state index in [9.17, 15) is 5.11 Å². The molecule has 1 N–H and O–H groups in total. The molecule has 3 aromatic rings. The van der Waals surface area contributed by atoms with Crippen molar-refractivity contribution < 1.29 is 5.11 Å². The number of aliphatic hydroxyl groups excluding tert-OH is 1. The average Bonchev–Trinajstić information content (AvgIpc) is 3.14. The SMILES string of the molecule is CC(C)CCN(Cc1cccn1Cc1ccccc1)C[C@@H](O)Cc1ccccc1. The van der Waals surface area contributed by atoms with E-state index < -0.39 is 0 Å². The Bertz CT molecular complexity index is 826. The van der Waals surface area contributed by atoms with Crippen LogP contribution in [0, 0.1) is 5.92 Å². The van der Waals surface area contributed by atoms with E-state index in [2.05, 4.69) is 84.1 Å². The summed E-state index contributed by atoms with van der Waals surface area (Å²) < 4.78 is 2.32. The van der Waals surface area contributed by atoms with Crippen LogP contribution < -0.4 is 0 Å². The zero-order valence-electron chi connectivity index (χ0n) is 17.7. The molecule has 0 spiro atoms. The highest BCUT2D eigenvalue weighted by atomic mass is 16.3. The topological polar surface area (TPSA) is 28.4 Å². The minimum atomic E-state index is -0.359. The zero-order valence-corrected chi connectivity index (χ0v) is 17.7. The van der Waals surface area contributed by atoms with Crippen molar-refractivity contribution >= 4 is 0 Å². The first-order valence-electron chi connectivity index (χ1n) is 10.7. The van der Waals surface area contributed by atoms with Gasteiger partial charge < -0.3 is 9.67 Å². The van der Waals surface area contributed by atoms with Gasteiger partial charge in [0.25, 0.3) is 0 Å². The maximum atomic E-state index is 10.7. The molecule has 3 rings (SSSR count). The molecule has 0 radical (unpaired) electrons. The van der Waals surface area contributed by atoms with Crippen LogP contribution in [0.3, 0.4) is 0 Å². The van der Waals surface area contributed by atoms with Crippen LogP contribution in [-0.2, 0) is 19.5 Å². The van der Waals surface area contributed by atoms with Gasteiger partial charge in [-0.25, -0.2) is 0 Å². The maximum absolute atomic E-state index is 10.7. The van der Waals surface area contributed by atoms with E-state index in [0.717, 1.165) is 26.1 Å². The summed E-state index contributed by atoms with van der Waals surface area (Å²) in [5, 5.41) is 10.7. The Morgan fingerprint density at radius 1 is 0.862 bits per heavy atom. The smallest absolute Gasteiger partial charge is 0.0707 e. The molecule has 1 atom stereocenters. The second-order valence-corrected chi connectivity index (χ2v) is 8.37. The summed E-state index contributed by atoms with van der Waals surface area (Å²) in [6, 6.07) is 25.2. The van der Waals surface area contributed by atoms with Gasteiger partial charge in [-0.05, 0) is 48.6 Å². The van der Waals surface area contributed by atoms with E-state index in [1.54, 1.807) is 0 Å². The quantitative estimate of drug-likeness (QED) is 0.500. The average molecular weight is 391 g/mol. The molecule has 29 heavy (non-hydrogen) atoms. The molecule has 0 aliphatic heterocycles. The van der Waals surface area contributed by atoms with Crippen molar-refractivity contribution in [2.45, 2.75) is 45.9 Å². The Morgan fingerprint density at radius 3 is 2.17 bits per heavy atom. The van der Waals surface area contributed by atoms with E-state index in [1.165, 1.54) is 16.8 Å². The van der Waals surface area contributed by atoms with Gasteiger partial charge in [0.15, 0.2) is 0 Å². The third kappa shape index (κ3) is 7.19. The molecule has 3 heteroatoms. The lowest BCUT2D eigenvalue weighted by molar-refractivity contribution is 0.104. The minimum absolute atomic E-state index is 0.359. The minimum Gasteiger partial charge on any atom is -0.391 e. The van der Waals surface area contributed by atoms with Gasteiger partial charge in [0.1, 0.15) is 0 Å². The predicted molar refractivity (Wildman–Crippen MR) is 121 cm³/mol. The summed E-state index contributed by atoms with van der Waals surface area (Å²) in [6.45, 7) is 7.96. The molecule has 154 valence electrons. The first-order chi connectivity index (χ1) is 14.1. The Hall–Kier alpha value is -2.36. The lowest BCUT2D eigenvalue weighted by Gasteiger charge is -2.26. The second-order valence-electron chi connectivity index (χ2n) is 8.37. The Morgan fingerprint density at radius 2 is 1.52 bits per heavy atom. The molecular formula is C26H34N2O. The van der Waals surface area contributed by atoms with Crippen LogP contribution >= 0.6 is 0 Å². The van der Waals surface area contributed by atoms with E-state index in [-0.39, 0.29) is 6.10 Å². The molecular weight excluding hydrogens is 356 g/mol. The Labute approximate surface area is 175 Å². The van der Waals surface area contributed by atoms with E-state index in [1.807, 2.05) is 18.2 Å². The van der Waals surface area contributed by atoms with Crippen LogP contribution in [0.25, 0.3) is 0 Å². The normalized spacial score (nSPS) is 12.6. The molecule has 1 heterocycles. The summed E-state index contributed by atoms with van der Waals surface area (Å²) in [6.07, 6.45) is 3.63. The van der Waals surface area contributed by atoms with Crippen LogP contribution in [0.1, 0.15) is 37.1 Å². The molecule has 1 aromatic heterocycles. The van der Waals surface area contributed by atoms with Gasteiger partial charge in [0.2, 0.25) is 0 Å². The van der Waals surface area contributed by atoms with Crippen molar-refractivity contribution in [3.8, 4) is 0 Å². The van der Waals surface area contributed by atoms with Crippen LogP contribution in [0.5, 0.6) is 0 Å². The molecule has 0 amide bonds. The number of aliphatic hydroxyl groups is 1. The molecule has 0 aliphatic carbocycles. The predicted octanol–water partition coefficient (Wildman–Crippen LogP) is 4.99. The highest BCUT2D eigenvalue weighted by molar-refractivity contribution is 5.18. The highest BCUT2D eigenvalue weighted by Crippen LogP contribution is 2.14. The van der Waals surface area contributed by atoms with E-state index in [4.69, 9.17) is 0 Å². The summed E-state index contributed by atoms with van der Waals surface area (Å²) in [5.41, 5.74) is 3.79. The molecule has 0 bridgehead atoms. The lowest BCUT2D eigenvalue weighted by atomic mass is 10.1. The fraction of sp³-hybridized carbons (Fsp3) is 0.385. The van der Waals surface area contributed by atoms with Gasteiger partial charge in [-0.3, -0.25) is 4.90 Å². The van der Waals surface area contributed by atoms with Crippen LogP contribution in [0.4, 0.5) is 0 Å². The van der Waals surface area contributed by atoms with Gasteiger partial charge in [-0.15, -0.1) is 0 Å². The fourth-order valence-corrected chi connectivity index (χ4v) is 3.68. The standard InChI is InChI=1S/C26H34N2O/c1-22(2)15-17-27(21-26(29)18-23-10-5-3-6-11-23)20-25-14-9-16-28(25)19-24-12-7-4-8-13-24/h3-14,16,22,26,29H,15,17-21H2,1-2H3/t26-/m0/s1. The van der Waals surface area contributed by atoms with Crippen LogP contribution in [0.2, 0.25) is 0 Å². The molecule has 3 nitrogen and oxygen atoms in total. The molecule has 0 aliphatic rings. The molecule has 0 unspecified atom stereocenters. The largest absolute Gasteiger partial charge is 0.391 e. The highest BCUT2D eigenvalue weighted by Gasteiger charge is 2.15. The monoisotopic (exact) mass is 390 g/mol. The van der Waals surface area contributed by atoms with Crippen molar-refractivity contribution in [3.05, 3.63) is 95.8 Å². The van der Waals surface area contributed by atoms with Crippen molar-refractivity contribution in [2.75, 3.05) is 13.1 Å². The number of benzene rings is 2. The summed E-state index contributed by atoms with van der Waals surface area (Å²) in [4.78, 5) is 2.41. The van der Waals surface area contributed by atoms with E-state index >= 15 is 0 Å². The van der Waals surface area contributed by atoms with Gasteiger partial charge in [-0.2, -0.15) is 0 Å². The van der Waals surface area contributed by atoms with Gasteiger partial charge >= 0.3 is 0 Å². The number of nitrogens with zero attached hydrogens (tertiary/aromatic N) is 2. The number of hydrogen-bond donors (Lipinski definition) is 1. The molecule has 0 saturated heterocycles. The summed E-state index contributed by atoms with van der Waals surface area (Å²) >= 11 is 0. The number of rotatable bonds is 11. The number of hydrogen-bond acceptors (Lipinski definition) is 2. The maximum Gasteiger partial charge on any atom is 0.0707 e. The van der Waals surface area contributed by atoms with Crippen molar-refractivity contribution in [1.82, 2.24) is 9.47 Å². The first-order valence-corrected chi connectivity index (χ1v) is 10.7. The van der Waals surface area contributed by atoms with Crippen molar-refractivity contribution in [3.63, 3.8) is 0 Å². The lowest BCUT2D eigenvalue weighted by Crippen LogP contribution is -2.35. The van der Waals surface area contributed by atoms with E-state index in [0.29, 0.717) is 18.9 Å². The number of aromatic nitrogens is 1. The Kier molecular flexibility index (Phi) is 8.09. The first kappa shape index (κ1) is 21.4. The Balaban J connectivity index is 1.65. The third-order valence-electron chi connectivity index (χ3n) is 5.31. The zero-order chi connectivity index (χ0) is 20.5. The van der Waals surface area contributed by atoms with Crippen LogP contribution in [0.15, 0.2) is 79.0 Å². The second kappa shape index (κ2) is 11.0. The van der Waals surface area contributed by atoms with Crippen molar-refractivity contribution in [1.29, 1.82) is 0 Å². The fourth-order valence-electron chi connectivity index (χ4n) is 3.68. The van der Waals surface area contributed by atoms with Crippen molar-refractivity contribution in [2.24, 2.45) is 5.92 Å². The molecule has 0 saturated carbocycles.